The van der Waals surface area contributed by atoms with Crippen molar-refractivity contribution in [1.29, 1.82) is 0 Å². The number of nitrogens with one attached hydrogen (secondary N) is 1. The van der Waals surface area contributed by atoms with E-state index in [0.29, 0.717) is 57.9 Å². The summed E-state index contributed by atoms with van der Waals surface area (Å²) in [5.41, 5.74) is 7.09. The fourth-order valence-electron chi connectivity index (χ4n) is 8.00. The Bertz CT molecular complexity index is 1680. The van der Waals surface area contributed by atoms with Gasteiger partial charge in [-0.3, -0.25) is 9.59 Å². The number of hydrogen-bond donors (Lipinski definition) is 2. The predicted octanol–water partition coefficient (Wildman–Crippen LogP) is 4.78. The highest BCUT2D eigenvalue weighted by Gasteiger charge is 2.29. The van der Waals surface area contributed by atoms with Crippen LogP contribution in [0.2, 0.25) is 0 Å². The minimum atomic E-state index is -0.809. The topological polar surface area (TPSA) is 133 Å². The first-order valence-corrected chi connectivity index (χ1v) is 18.6. The van der Waals surface area contributed by atoms with Crippen LogP contribution in [0.25, 0.3) is 5.69 Å². The number of fused-ring (bicyclic) bond motifs is 1. The molecule has 0 saturated carbocycles. The normalized spacial score (nSPS) is 18.3. The summed E-state index contributed by atoms with van der Waals surface area (Å²) in [7, 11) is 1.73. The number of pyridine rings is 1. The van der Waals surface area contributed by atoms with Crippen LogP contribution in [0.15, 0.2) is 30.3 Å². The maximum absolute atomic E-state index is 12.7. The number of aliphatic carboxylic acids is 1. The fraction of sp³-hybridized carbons (Fsp3) is 0.564. The number of hydrogen-bond acceptors (Lipinski definition) is 9. The van der Waals surface area contributed by atoms with Gasteiger partial charge < -0.3 is 34.7 Å². The number of amides is 1. The van der Waals surface area contributed by atoms with Crippen molar-refractivity contribution < 1.29 is 24.2 Å². The van der Waals surface area contributed by atoms with E-state index in [1.54, 1.807) is 7.11 Å². The summed E-state index contributed by atoms with van der Waals surface area (Å²) in [6, 6.07) is 10.5. The second-order valence-electron chi connectivity index (χ2n) is 14.5. The molecular weight excluding hydrogens is 646 g/mol. The summed E-state index contributed by atoms with van der Waals surface area (Å²) in [6.45, 7) is 10.1. The zero-order valence-electron chi connectivity index (χ0n) is 30.4. The SMILES string of the molecule is COc1cc(CCC2CCN(CC(CC(=O)O)c3cc(N4CCN(C(=O)CCCC=O)CC4)cc(-n4nc(C)cc4C)c3)C2)nc2c1CCCN2. The zero-order chi connectivity index (χ0) is 35.9. The Morgan fingerprint density at radius 3 is 2.61 bits per heavy atom. The largest absolute Gasteiger partial charge is 0.496 e. The minimum Gasteiger partial charge on any atom is -0.496 e. The van der Waals surface area contributed by atoms with E-state index in [1.807, 2.05) is 29.5 Å². The van der Waals surface area contributed by atoms with Gasteiger partial charge in [0.1, 0.15) is 17.9 Å². The van der Waals surface area contributed by atoms with E-state index in [1.165, 1.54) is 5.56 Å². The van der Waals surface area contributed by atoms with Crippen LogP contribution in [0.3, 0.4) is 0 Å². The molecule has 6 rings (SSSR count). The summed E-state index contributed by atoms with van der Waals surface area (Å²) >= 11 is 0. The van der Waals surface area contributed by atoms with Gasteiger partial charge in [-0.25, -0.2) is 9.67 Å². The van der Waals surface area contributed by atoms with E-state index in [0.717, 1.165) is 104 Å². The zero-order valence-corrected chi connectivity index (χ0v) is 30.4. The number of likely N-dealkylation sites (tertiary alicyclic amines) is 1. The quantitative estimate of drug-likeness (QED) is 0.169. The molecule has 3 aromatic rings. The number of rotatable bonds is 15. The molecule has 0 spiro atoms. The number of carboxylic acids is 1. The third-order valence-corrected chi connectivity index (χ3v) is 10.7. The van der Waals surface area contributed by atoms with Gasteiger partial charge in [0.05, 0.1) is 24.9 Å². The van der Waals surface area contributed by atoms with Crippen molar-refractivity contribution >= 4 is 29.7 Å². The molecule has 3 aliphatic rings. The first kappa shape index (κ1) is 36.3. The summed E-state index contributed by atoms with van der Waals surface area (Å²) in [5, 5.41) is 18.3. The van der Waals surface area contributed by atoms with E-state index in [2.05, 4.69) is 39.4 Å². The van der Waals surface area contributed by atoms with Crippen molar-refractivity contribution in [3.63, 3.8) is 0 Å². The minimum absolute atomic E-state index is 0.0378. The Morgan fingerprint density at radius 1 is 1.08 bits per heavy atom. The fourth-order valence-corrected chi connectivity index (χ4v) is 8.00. The Balaban J connectivity index is 1.16. The number of ether oxygens (including phenoxy) is 1. The number of aldehydes is 1. The Morgan fingerprint density at radius 2 is 1.88 bits per heavy atom. The number of benzene rings is 1. The third-order valence-electron chi connectivity index (χ3n) is 10.7. The van der Waals surface area contributed by atoms with Gasteiger partial charge in [-0.05, 0) is 94.7 Å². The molecule has 0 aliphatic carbocycles. The van der Waals surface area contributed by atoms with E-state index in [9.17, 15) is 19.5 Å². The second kappa shape index (κ2) is 16.7. The number of carbonyl (C=O) groups excluding carboxylic acids is 2. The Labute approximate surface area is 301 Å². The highest BCUT2D eigenvalue weighted by molar-refractivity contribution is 5.77. The van der Waals surface area contributed by atoms with Crippen molar-refractivity contribution in [1.82, 2.24) is 24.6 Å². The van der Waals surface area contributed by atoms with E-state index in [-0.39, 0.29) is 18.2 Å². The molecule has 2 unspecified atom stereocenters. The van der Waals surface area contributed by atoms with Gasteiger partial charge in [0, 0.05) is 93.3 Å². The van der Waals surface area contributed by atoms with Crippen LogP contribution >= 0.6 is 0 Å². The Hall–Kier alpha value is -4.45. The van der Waals surface area contributed by atoms with Crippen molar-refractivity contribution in [2.75, 3.05) is 69.7 Å². The van der Waals surface area contributed by atoms with Crippen LogP contribution in [0.5, 0.6) is 5.75 Å². The average molecular weight is 700 g/mol. The van der Waals surface area contributed by atoms with Gasteiger partial charge in [-0.2, -0.15) is 5.10 Å². The number of anilines is 2. The Kier molecular flexibility index (Phi) is 11.9. The lowest BCUT2D eigenvalue weighted by atomic mass is 9.93. The number of aryl methyl sites for hydroxylation is 3. The number of unbranched alkanes of at least 4 members (excludes halogenated alkanes) is 1. The first-order chi connectivity index (χ1) is 24.7. The van der Waals surface area contributed by atoms with Crippen LogP contribution in [0, 0.1) is 19.8 Å². The number of carboxylic acid groups (broad SMARTS) is 1. The summed E-state index contributed by atoms with van der Waals surface area (Å²) < 4.78 is 7.65. The molecule has 2 aromatic heterocycles. The van der Waals surface area contributed by atoms with Crippen molar-refractivity contribution in [2.24, 2.45) is 5.92 Å². The van der Waals surface area contributed by atoms with Gasteiger partial charge in [-0.15, -0.1) is 0 Å². The lowest BCUT2D eigenvalue weighted by Crippen LogP contribution is -2.48. The van der Waals surface area contributed by atoms with Gasteiger partial charge in [0.25, 0.3) is 0 Å². The molecule has 2 fully saturated rings. The molecule has 1 amide bonds. The van der Waals surface area contributed by atoms with Gasteiger partial charge >= 0.3 is 5.97 Å². The predicted molar refractivity (Wildman–Crippen MR) is 197 cm³/mol. The molecule has 3 aliphatic heterocycles. The number of carbonyl (C=O) groups is 3. The van der Waals surface area contributed by atoms with E-state index < -0.39 is 5.97 Å². The molecule has 12 heteroatoms. The van der Waals surface area contributed by atoms with Crippen LogP contribution in [0.1, 0.15) is 79.1 Å². The van der Waals surface area contributed by atoms with Crippen LogP contribution in [0.4, 0.5) is 11.5 Å². The number of nitrogens with zero attached hydrogens (tertiary/aromatic N) is 6. The molecule has 2 N–H and O–H groups in total. The molecular formula is C39H53N7O5. The average Bonchev–Trinajstić information content (AvgIpc) is 3.74. The van der Waals surface area contributed by atoms with Crippen LogP contribution < -0.4 is 15.0 Å². The van der Waals surface area contributed by atoms with Crippen molar-refractivity contribution in [3.8, 4) is 11.4 Å². The first-order valence-electron chi connectivity index (χ1n) is 18.6. The molecule has 1 aromatic carbocycles. The molecule has 2 atom stereocenters. The molecule has 51 heavy (non-hydrogen) atoms. The monoisotopic (exact) mass is 699 g/mol. The molecule has 5 heterocycles. The maximum atomic E-state index is 12.7. The number of methoxy groups -OCH3 is 1. The summed E-state index contributed by atoms with van der Waals surface area (Å²) in [5.74, 6) is 1.49. The van der Waals surface area contributed by atoms with Gasteiger partial charge in [-0.1, -0.05) is 0 Å². The van der Waals surface area contributed by atoms with Crippen molar-refractivity contribution in [3.05, 3.63) is 58.5 Å². The summed E-state index contributed by atoms with van der Waals surface area (Å²) in [4.78, 5) is 47.3. The van der Waals surface area contributed by atoms with Crippen molar-refractivity contribution in [2.45, 2.75) is 77.6 Å². The van der Waals surface area contributed by atoms with Gasteiger partial charge in [0.2, 0.25) is 5.91 Å². The molecule has 0 radical (unpaired) electrons. The highest BCUT2D eigenvalue weighted by atomic mass is 16.5. The second-order valence-corrected chi connectivity index (χ2v) is 14.5. The maximum Gasteiger partial charge on any atom is 0.304 e. The molecule has 12 nitrogen and oxygen atoms in total. The molecule has 0 bridgehead atoms. The number of aromatic nitrogens is 3. The van der Waals surface area contributed by atoms with Crippen LogP contribution in [-0.4, -0.2) is 107 Å². The van der Waals surface area contributed by atoms with E-state index in [4.69, 9.17) is 14.8 Å². The lowest BCUT2D eigenvalue weighted by molar-refractivity contribution is -0.137. The third kappa shape index (κ3) is 9.08. The van der Waals surface area contributed by atoms with E-state index >= 15 is 0 Å². The van der Waals surface area contributed by atoms with Crippen LogP contribution in [-0.2, 0) is 27.2 Å². The summed E-state index contributed by atoms with van der Waals surface area (Å²) in [6.07, 6.45) is 7.34. The lowest BCUT2D eigenvalue weighted by Gasteiger charge is -2.37. The highest BCUT2D eigenvalue weighted by Crippen LogP contribution is 2.34. The standard InChI is InChI=1S/C39H53N7O5/c1-27-19-28(2)46(42-27)34-21-30(20-33(24-34)44-14-16-45(17-15-44)37(48)8-4-5-18-47)31(22-38(49)50)26-43-13-11-29(25-43)9-10-32-23-36(51-3)35-7-6-12-40-39(35)41-32/h18-21,23-24,29,31H,4-17,22,25-26H2,1-3H3,(H,40,41)(H,49,50). The molecule has 274 valence electrons. The van der Waals surface area contributed by atoms with Gasteiger partial charge in [0.15, 0.2) is 0 Å². The molecule has 2 saturated heterocycles. The number of piperazine rings is 1. The smallest absolute Gasteiger partial charge is 0.304 e.